The fourth-order valence-corrected chi connectivity index (χ4v) is 6.38. The number of benzene rings is 3. The summed E-state index contributed by atoms with van der Waals surface area (Å²) in [5, 5.41) is 20.2. The van der Waals surface area contributed by atoms with Crippen molar-refractivity contribution in [3.63, 3.8) is 0 Å². The number of ether oxygens (including phenoxy) is 2. The van der Waals surface area contributed by atoms with Crippen LogP contribution < -0.4 is 14.4 Å². The minimum absolute atomic E-state index is 0.319. The predicted octanol–water partition coefficient (Wildman–Crippen LogP) is 6.43. The topological polar surface area (TPSA) is 131 Å². The number of hydrogen-bond acceptors (Lipinski definition) is 6. The normalized spacial score (nSPS) is 14.6. The smallest absolute Gasteiger partial charge is 0.335 e. The van der Waals surface area contributed by atoms with Crippen molar-refractivity contribution in [1.82, 2.24) is 14.9 Å². The van der Waals surface area contributed by atoms with Crippen molar-refractivity contribution >= 4 is 51.0 Å². The molecule has 0 amide bonds. The van der Waals surface area contributed by atoms with Crippen LogP contribution in [0.15, 0.2) is 67.0 Å². The van der Waals surface area contributed by atoms with Gasteiger partial charge in [0.1, 0.15) is 13.2 Å². The number of carboxylic acid groups (broad SMARTS) is 2. The second-order valence-electron chi connectivity index (χ2n) is 11.8. The molecular formula is C36H39ClN4O6. The summed E-state index contributed by atoms with van der Waals surface area (Å²) in [6.45, 7) is 6.32. The lowest BCUT2D eigenvalue weighted by atomic mass is 10.1. The lowest BCUT2D eigenvalue weighted by Gasteiger charge is -2.36. The van der Waals surface area contributed by atoms with Gasteiger partial charge < -0.3 is 34.6 Å². The average molecular weight is 659 g/mol. The zero-order chi connectivity index (χ0) is 32.8. The Morgan fingerprint density at radius 3 is 1.87 bits per heavy atom. The maximum atomic E-state index is 11.3. The Labute approximate surface area is 277 Å². The number of nitrogens with one attached hydrogen (secondary N) is 2. The molecule has 0 aliphatic carbocycles. The number of aromatic amines is 2. The second-order valence-corrected chi connectivity index (χ2v) is 12.2. The van der Waals surface area contributed by atoms with Crippen LogP contribution >= 0.6 is 11.6 Å². The Morgan fingerprint density at radius 1 is 0.723 bits per heavy atom. The number of aryl methyl sites for hydroxylation is 2. The van der Waals surface area contributed by atoms with Crippen LogP contribution in [0.4, 0.5) is 5.69 Å². The second kappa shape index (κ2) is 14.8. The van der Waals surface area contributed by atoms with Gasteiger partial charge in [0.15, 0.2) is 11.5 Å². The van der Waals surface area contributed by atoms with Crippen molar-refractivity contribution in [2.75, 3.05) is 56.7 Å². The highest BCUT2D eigenvalue weighted by molar-refractivity contribution is 6.17. The monoisotopic (exact) mass is 658 g/mol. The number of aromatic nitrogens is 2. The summed E-state index contributed by atoms with van der Waals surface area (Å²) in [7, 11) is 0. The maximum absolute atomic E-state index is 11.3. The molecule has 2 aliphatic rings. The van der Waals surface area contributed by atoms with E-state index < -0.39 is 11.9 Å². The number of aromatic carboxylic acids is 2. The molecule has 0 unspecified atom stereocenters. The molecule has 2 aromatic heterocycles. The number of piperazine rings is 1. The number of halogens is 1. The summed E-state index contributed by atoms with van der Waals surface area (Å²) in [5.74, 6) is 0.513. The number of carbonyl (C=O) groups is 2. The predicted molar refractivity (Wildman–Crippen MR) is 184 cm³/mol. The summed E-state index contributed by atoms with van der Waals surface area (Å²) >= 11 is 5.65. The zero-order valence-corrected chi connectivity index (χ0v) is 26.9. The fraction of sp³-hybridized carbons (Fsp3) is 0.333. The molecule has 11 heteroatoms. The molecule has 4 N–H and O–H groups in total. The lowest BCUT2D eigenvalue weighted by molar-refractivity contribution is 0.0686. The van der Waals surface area contributed by atoms with Crippen LogP contribution in [-0.2, 0) is 12.8 Å². The minimum atomic E-state index is -0.897. The van der Waals surface area contributed by atoms with Crippen LogP contribution in [0.3, 0.4) is 0 Å². The summed E-state index contributed by atoms with van der Waals surface area (Å²) in [6.07, 6.45) is 7.68. The van der Waals surface area contributed by atoms with E-state index >= 15 is 0 Å². The number of carboxylic acids is 2. The molecule has 2 aliphatic heterocycles. The van der Waals surface area contributed by atoms with Gasteiger partial charge in [0.2, 0.25) is 0 Å². The van der Waals surface area contributed by atoms with Crippen molar-refractivity contribution < 1.29 is 29.3 Å². The third-order valence-electron chi connectivity index (χ3n) is 8.79. The highest BCUT2D eigenvalue weighted by Crippen LogP contribution is 2.34. The molecular weight excluding hydrogens is 620 g/mol. The van der Waals surface area contributed by atoms with Crippen LogP contribution in [-0.4, -0.2) is 88.8 Å². The third-order valence-corrected chi connectivity index (χ3v) is 9.06. The standard InChI is InChI=1S/C24H27N3O4.C12H12ClNO2/c28-24(29)17-3-5-21-20(14-17)18(16-25-21)2-1-7-26-8-10-27(11-9-26)19-4-6-22-23(15-19)31-13-12-30-22;13-5-1-2-9-7-14-11-4-3-8(12(15)16)6-10(9)11/h3-6,14-16,25H,1-2,7-13H2,(H,28,29);3-4,6-7,14H,1-2,5H2,(H,15,16). The molecule has 0 radical (unpaired) electrons. The van der Waals surface area contributed by atoms with Gasteiger partial charge in [-0.1, -0.05) is 0 Å². The van der Waals surface area contributed by atoms with Gasteiger partial charge in [0, 0.05) is 78.0 Å². The quantitative estimate of drug-likeness (QED) is 0.126. The molecule has 47 heavy (non-hydrogen) atoms. The number of nitrogens with zero attached hydrogens (tertiary/aromatic N) is 2. The van der Waals surface area contributed by atoms with Crippen LogP contribution in [0.2, 0.25) is 0 Å². The van der Waals surface area contributed by atoms with Crippen molar-refractivity contribution in [1.29, 1.82) is 0 Å². The molecule has 0 atom stereocenters. The van der Waals surface area contributed by atoms with E-state index in [0.717, 1.165) is 97.3 Å². The molecule has 0 saturated carbocycles. The molecule has 0 bridgehead atoms. The van der Waals surface area contributed by atoms with Crippen molar-refractivity contribution in [2.24, 2.45) is 0 Å². The zero-order valence-electron chi connectivity index (χ0n) is 26.1. The third kappa shape index (κ3) is 7.66. The molecule has 1 fully saturated rings. The van der Waals surface area contributed by atoms with Crippen LogP contribution in [0, 0.1) is 0 Å². The Bertz CT molecular complexity index is 1860. The average Bonchev–Trinajstić information content (AvgIpc) is 3.70. The molecule has 1 saturated heterocycles. The Morgan fingerprint density at radius 2 is 1.30 bits per heavy atom. The number of hydrogen-bond donors (Lipinski definition) is 4. The fourth-order valence-electron chi connectivity index (χ4n) is 6.25. The van der Waals surface area contributed by atoms with E-state index in [0.29, 0.717) is 30.2 Å². The molecule has 5 aromatic rings. The van der Waals surface area contributed by atoms with E-state index in [9.17, 15) is 14.7 Å². The first-order valence-electron chi connectivity index (χ1n) is 16.0. The van der Waals surface area contributed by atoms with Crippen LogP contribution in [0.1, 0.15) is 44.7 Å². The maximum Gasteiger partial charge on any atom is 0.335 e. The van der Waals surface area contributed by atoms with Crippen LogP contribution in [0.5, 0.6) is 11.5 Å². The summed E-state index contributed by atoms with van der Waals surface area (Å²) < 4.78 is 11.3. The summed E-state index contributed by atoms with van der Waals surface area (Å²) in [4.78, 5) is 33.4. The van der Waals surface area contributed by atoms with Crippen molar-refractivity contribution in [2.45, 2.75) is 25.7 Å². The number of H-pyrrole nitrogens is 2. The van der Waals surface area contributed by atoms with Crippen molar-refractivity contribution in [3.8, 4) is 11.5 Å². The first-order valence-corrected chi connectivity index (χ1v) is 16.5. The highest BCUT2D eigenvalue weighted by Gasteiger charge is 2.20. The number of anilines is 1. The SMILES string of the molecule is O=C(O)c1ccc2[nH]cc(CCCCl)c2c1.O=C(O)c1ccc2[nH]cc(CCCN3CCN(c4ccc5c(c4)OCCO5)CC3)c2c1. The van der Waals surface area contributed by atoms with Gasteiger partial charge in [0.05, 0.1) is 11.1 Å². The molecule has 4 heterocycles. The van der Waals surface area contributed by atoms with Gasteiger partial charge in [-0.05, 0) is 91.9 Å². The lowest BCUT2D eigenvalue weighted by Crippen LogP contribution is -2.46. The first kappa shape index (κ1) is 32.3. The summed E-state index contributed by atoms with van der Waals surface area (Å²) in [5.41, 5.74) is 6.12. The number of rotatable bonds is 10. The van der Waals surface area contributed by atoms with Gasteiger partial charge >= 0.3 is 11.9 Å². The highest BCUT2D eigenvalue weighted by atomic mass is 35.5. The number of alkyl halides is 1. The molecule has 10 nitrogen and oxygen atoms in total. The van der Waals surface area contributed by atoms with Crippen molar-refractivity contribution in [3.05, 3.63) is 89.2 Å². The van der Waals surface area contributed by atoms with Gasteiger partial charge in [-0.15, -0.1) is 11.6 Å². The minimum Gasteiger partial charge on any atom is -0.486 e. The molecule has 3 aromatic carbocycles. The van der Waals surface area contributed by atoms with Gasteiger partial charge in [0.25, 0.3) is 0 Å². The largest absolute Gasteiger partial charge is 0.486 e. The van der Waals surface area contributed by atoms with E-state index in [1.54, 1.807) is 30.3 Å². The molecule has 7 rings (SSSR count). The van der Waals surface area contributed by atoms with E-state index in [4.69, 9.17) is 26.2 Å². The van der Waals surface area contributed by atoms with E-state index in [2.05, 4.69) is 31.9 Å². The molecule has 246 valence electrons. The first-order chi connectivity index (χ1) is 22.9. The Kier molecular flexibility index (Phi) is 10.2. The van der Waals surface area contributed by atoms with Gasteiger partial charge in [-0.25, -0.2) is 9.59 Å². The van der Waals surface area contributed by atoms with Gasteiger partial charge in [-0.3, -0.25) is 4.90 Å². The van der Waals surface area contributed by atoms with E-state index in [-0.39, 0.29) is 0 Å². The van der Waals surface area contributed by atoms with E-state index in [1.165, 1.54) is 11.3 Å². The number of fused-ring (bicyclic) bond motifs is 3. The Balaban J connectivity index is 0.000000203. The van der Waals surface area contributed by atoms with E-state index in [1.807, 2.05) is 24.5 Å². The van der Waals surface area contributed by atoms with Gasteiger partial charge in [-0.2, -0.15) is 0 Å². The Hall–Kier alpha value is -4.67. The summed E-state index contributed by atoms with van der Waals surface area (Å²) in [6, 6.07) is 16.6. The van der Waals surface area contributed by atoms with Crippen LogP contribution in [0.25, 0.3) is 21.8 Å². The molecule has 0 spiro atoms.